The van der Waals surface area contributed by atoms with Gasteiger partial charge in [-0.2, -0.15) is 0 Å². The first-order valence-corrected chi connectivity index (χ1v) is 4.09. The molecule has 78 valence electrons. The minimum Gasteiger partial charge on any atom is -0.383 e. The van der Waals surface area contributed by atoms with Gasteiger partial charge in [-0.1, -0.05) is 6.58 Å². The van der Waals surface area contributed by atoms with Crippen LogP contribution in [0.1, 0.15) is 0 Å². The third-order valence-corrected chi connectivity index (χ3v) is 1.68. The zero-order valence-corrected chi connectivity index (χ0v) is 7.90. The quantitative estimate of drug-likeness (QED) is 0.437. The number of carbonyl (C=O) groups is 1. The number of amidine groups is 1. The van der Waals surface area contributed by atoms with E-state index < -0.39 is 5.91 Å². The van der Waals surface area contributed by atoms with E-state index in [1.807, 2.05) is 0 Å². The molecule has 1 amide bonds. The lowest BCUT2D eigenvalue weighted by atomic mass is 10.2. The number of benzene rings is 1. The molecule has 0 spiro atoms. The fourth-order valence-electron chi connectivity index (χ4n) is 0.848. The Morgan fingerprint density at radius 2 is 1.80 bits per heavy atom. The summed E-state index contributed by atoms with van der Waals surface area (Å²) in [4.78, 5) is 14.5. The molecule has 0 heterocycles. The summed E-state index contributed by atoms with van der Waals surface area (Å²) in [6.07, 6.45) is 0. The Labute approximate surface area is 86.1 Å². The Morgan fingerprint density at radius 1 is 1.27 bits per heavy atom. The molecule has 0 aliphatic rings. The first-order valence-electron chi connectivity index (χ1n) is 4.09. The van der Waals surface area contributed by atoms with Crippen molar-refractivity contribution in [3.8, 4) is 0 Å². The molecule has 15 heavy (non-hydrogen) atoms. The highest BCUT2D eigenvalue weighted by Crippen LogP contribution is 2.12. The predicted molar refractivity (Wildman–Crippen MR) is 56.0 cm³/mol. The Hall–Kier alpha value is -2.17. The first kappa shape index (κ1) is 10.9. The molecular formula is C10H10FN3O. The number of rotatable bonds is 3. The van der Waals surface area contributed by atoms with Gasteiger partial charge >= 0.3 is 0 Å². The van der Waals surface area contributed by atoms with Crippen LogP contribution in [0, 0.1) is 5.82 Å². The summed E-state index contributed by atoms with van der Waals surface area (Å²) in [5.41, 5.74) is 10.8. The minimum absolute atomic E-state index is 0.0701. The monoisotopic (exact) mass is 207 g/mol. The van der Waals surface area contributed by atoms with Gasteiger partial charge < -0.3 is 11.5 Å². The van der Waals surface area contributed by atoms with Crippen molar-refractivity contribution >= 4 is 17.4 Å². The van der Waals surface area contributed by atoms with Crippen LogP contribution in [0.4, 0.5) is 10.1 Å². The van der Waals surface area contributed by atoms with E-state index in [2.05, 4.69) is 11.6 Å². The Kier molecular flexibility index (Phi) is 3.17. The maximum absolute atomic E-state index is 12.5. The summed E-state index contributed by atoms with van der Waals surface area (Å²) in [5, 5.41) is 0. The maximum atomic E-state index is 12.5. The molecule has 0 radical (unpaired) electrons. The molecule has 0 aromatic heterocycles. The minimum atomic E-state index is -0.738. The molecule has 4 N–H and O–H groups in total. The summed E-state index contributed by atoms with van der Waals surface area (Å²) in [6, 6.07) is 5.32. The first-order chi connectivity index (χ1) is 7.00. The second kappa shape index (κ2) is 4.36. The van der Waals surface area contributed by atoms with Crippen molar-refractivity contribution in [3.05, 3.63) is 42.2 Å². The average molecular weight is 207 g/mol. The number of nitrogens with zero attached hydrogens (tertiary/aromatic N) is 1. The van der Waals surface area contributed by atoms with E-state index in [4.69, 9.17) is 11.5 Å². The van der Waals surface area contributed by atoms with Gasteiger partial charge in [-0.05, 0) is 24.3 Å². The molecule has 0 aliphatic heterocycles. The normalized spacial score (nSPS) is 11.1. The second-order valence-corrected chi connectivity index (χ2v) is 2.82. The summed E-state index contributed by atoms with van der Waals surface area (Å²) in [6.45, 7) is 3.36. The number of aliphatic imine (C=N–C) groups is 1. The number of carbonyl (C=O) groups excluding carboxylic acids is 1. The molecule has 0 unspecified atom stereocenters. The highest BCUT2D eigenvalue weighted by molar-refractivity contribution is 6.19. The van der Waals surface area contributed by atoms with Crippen LogP contribution < -0.4 is 11.5 Å². The third-order valence-electron chi connectivity index (χ3n) is 1.68. The highest BCUT2D eigenvalue weighted by atomic mass is 19.1. The molecular weight excluding hydrogens is 197 g/mol. The maximum Gasteiger partial charge on any atom is 0.251 e. The topological polar surface area (TPSA) is 81.5 Å². The largest absolute Gasteiger partial charge is 0.383 e. The highest BCUT2D eigenvalue weighted by Gasteiger charge is 2.05. The molecule has 5 heteroatoms. The van der Waals surface area contributed by atoms with Crippen molar-refractivity contribution < 1.29 is 9.18 Å². The number of nitrogens with two attached hydrogens (primary N) is 2. The van der Waals surface area contributed by atoms with Gasteiger partial charge in [0.25, 0.3) is 5.91 Å². The van der Waals surface area contributed by atoms with Crippen LogP contribution in [0.25, 0.3) is 0 Å². The lowest BCUT2D eigenvalue weighted by Crippen LogP contribution is -2.25. The molecule has 1 rings (SSSR count). The van der Waals surface area contributed by atoms with Crippen LogP contribution in [0.5, 0.6) is 0 Å². The number of hydrogen-bond donors (Lipinski definition) is 2. The van der Waals surface area contributed by atoms with Crippen LogP contribution in [-0.4, -0.2) is 11.7 Å². The summed E-state index contributed by atoms with van der Waals surface area (Å²) >= 11 is 0. The van der Waals surface area contributed by atoms with Crippen LogP contribution in [0.2, 0.25) is 0 Å². The van der Waals surface area contributed by atoms with Crippen molar-refractivity contribution in [2.75, 3.05) is 0 Å². The smallest absolute Gasteiger partial charge is 0.251 e. The van der Waals surface area contributed by atoms with Gasteiger partial charge in [-0.3, -0.25) is 4.79 Å². The number of halogens is 1. The van der Waals surface area contributed by atoms with E-state index in [0.717, 1.165) is 0 Å². The van der Waals surface area contributed by atoms with Gasteiger partial charge in [0, 0.05) is 0 Å². The molecule has 1 aromatic rings. The SMILES string of the molecule is C=C(C(N)=O)C(N)=Nc1ccc(F)cc1. The fourth-order valence-corrected chi connectivity index (χ4v) is 0.848. The molecule has 1 aromatic carbocycles. The molecule has 0 atom stereocenters. The van der Waals surface area contributed by atoms with Gasteiger partial charge in [0.15, 0.2) is 0 Å². The van der Waals surface area contributed by atoms with Gasteiger partial charge in [0.2, 0.25) is 0 Å². The van der Waals surface area contributed by atoms with Crippen LogP contribution in [-0.2, 0) is 4.79 Å². The van der Waals surface area contributed by atoms with E-state index >= 15 is 0 Å². The standard InChI is InChI=1S/C10H10FN3O/c1-6(10(13)15)9(12)14-8-4-2-7(11)3-5-8/h2-5H,1H2,(H2,12,14)(H2,13,15). The van der Waals surface area contributed by atoms with Crippen LogP contribution in [0.15, 0.2) is 41.4 Å². The molecule has 4 nitrogen and oxygen atoms in total. The van der Waals surface area contributed by atoms with E-state index in [0.29, 0.717) is 5.69 Å². The van der Waals surface area contributed by atoms with Crippen LogP contribution in [0.3, 0.4) is 0 Å². The predicted octanol–water partition coefficient (Wildman–Crippen LogP) is 0.856. The Balaban J connectivity index is 2.92. The number of primary amides is 1. The van der Waals surface area contributed by atoms with Gasteiger partial charge in [0.05, 0.1) is 11.3 Å². The van der Waals surface area contributed by atoms with Crippen molar-refractivity contribution in [1.29, 1.82) is 0 Å². The van der Waals surface area contributed by atoms with Crippen molar-refractivity contribution in [1.82, 2.24) is 0 Å². The third kappa shape index (κ3) is 2.91. The molecule has 0 saturated carbocycles. The van der Waals surface area contributed by atoms with Gasteiger partial charge in [-0.15, -0.1) is 0 Å². The molecule has 0 bridgehead atoms. The second-order valence-electron chi connectivity index (χ2n) is 2.82. The fraction of sp³-hybridized carbons (Fsp3) is 0. The van der Waals surface area contributed by atoms with Gasteiger partial charge in [0.1, 0.15) is 11.7 Å². The van der Waals surface area contributed by atoms with Gasteiger partial charge in [-0.25, -0.2) is 9.38 Å². The van der Waals surface area contributed by atoms with E-state index in [1.54, 1.807) is 0 Å². The van der Waals surface area contributed by atoms with Crippen molar-refractivity contribution in [3.63, 3.8) is 0 Å². The zero-order valence-electron chi connectivity index (χ0n) is 7.90. The Morgan fingerprint density at radius 3 is 2.27 bits per heavy atom. The summed E-state index contributed by atoms with van der Waals surface area (Å²) in [7, 11) is 0. The molecule has 0 aliphatic carbocycles. The number of hydrogen-bond acceptors (Lipinski definition) is 2. The van der Waals surface area contributed by atoms with Crippen molar-refractivity contribution in [2.45, 2.75) is 0 Å². The molecule has 0 fully saturated rings. The summed E-state index contributed by atoms with van der Waals surface area (Å²) in [5.74, 6) is -1.19. The lowest BCUT2D eigenvalue weighted by molar-refractivity contribution is -0.114. The Bertz CT molecular complexity index is 423. The number of amides is 1. The zero-order chi connectivity index (χ0) is 11.4. The van der Waals surface area contributed by atoms with E-state index in [9.17, 15) is 9.18 Å². The van der Waals surface area contributed by atoms with E-state index in [-0.39, 0.29) is 17.2 Å². The van der Waals surface area contributed by atoms with Crippen molar-refractivity contribution in [2.24, 2.45) is 16.5 Å². The average Bonchev–Trinajstić information content (AvgIpc) is 2.20. The lowest BCUT2D eigenvalue weighted by Gasteiger charge is -2.00. The van der Waals surface area contributed by atoms with E-state index in [1.165, 1.54) is 24.3 Å². The van der Waals surface area contributed by atoms with Crippen LogP contribution >= 0.6 is 0 Å². The summed E-state index contributed by atoms with van der Waals surface area (Å²) < 4.78 is 12.5. The molecule has 0 saturated heterocycles.